The molecule has 5 heterocycles. The zero-order valence-corrected chi connectivity index (χ0v) is 32.9. The van der Waals surface area contributed by atoms with Crippen molar-refractivity contribution in [2.24, 2.45) is 0 Å². The highest BCUT2D eigenvalue weighted by atomic mass is 19.1. The maximum atomic E-state index is 14.7. The Balaban J connectivity index is 0.000000222. The normalized spacial score (nSPS) is 15.3. The Morgan fingerprint density at radius 2 is 1.49 bits per heavy atom. The van der Waals surface area contributed by atoms with Gasteiger partial charge in [-0.15, -0.1) is 0 Å². The van der Waals surface area contributed by atoms with Crippen LogP contribution < -0.4 is 20.9 Å². The lowest BCUT2D eigenvalue weighted by Crippen LogP contribution is -2.58. The van der Waals surface area contributed by atoms with Gasteiger partial charge < -0.3 is 29.9 Å². The summed E-state index contributed by atoms with van der Waals surface area (Å²) >= 11 is 0. The van der Waals surface area contributed by atoms with Gasteiger partial charge in [0.05, 0.1) is 46.0 Å². The van der Waals surface area contributed by atoms with Crippen molar-refractivity contribution in [1.82, 2.24) is 30.0 Å². The summed E-state index contributed by atoms with van der Waals surface area (Å²) in [6.45, 7) is 7.54. The molecule has 59 heavy (non-hydrogen) atoms. The van der Waals surface area contributed by atoms with Crippen LogP contribution in [-0.4, -0.2) is 91.9 Å². The van der Waals surface area contributed by atoms with Crippen LogP contribution in [0.25, 0.3) is 10.8 Å². The molecule has 8 rings (SSSR count). The number of hydrogen-bond acceptors (Lipinski definition) is 12. The molecule has 0 bridgehead atoms. The molecule has 5 aromatic rings. The Hall–Kier alpha value is -7.07. The first-order valence-corrected chi connectivity index (χ1v) is 19.3. The molecule has 2 saturated heterocycles. The Bertz CT molecular complexity index is 2480. The van der Waals surface area contributed by atoms with Gasteiger partial charge in [0.25, 0.3) is 11.5 Å². The highest BCUT2D eigenvalue weighted by molar-refractivity contribution is 5.95. The second kappa shape index (κ2) is 17.2. The first kappa shape index (κ1) is 40.1. The van der Waals surface area contributed by atoms with Crippen LogP contribution in [-0.2, 0) is 11.2 Å². The molecule has 15 nitrogen and oxygen atoms in total. The fourth-order valence-electron chi connectivity index (χ4n) is 6.59. The standard InChI is InChI=1S/C29H25FN6O3.C14H18N4O2/c30-25-8-4-17(10-24(25)29(38)36-15-19(16-36)33-27-9-5-18(13-31)14-32-27)11-26-23-12-21(39-20-2-1-3-20)6-7-22(23)28(37)35-34-26;1-14(2,3)20-13(19)18-8-11(9-18)17-12-5-4-10(6-15)7-16-12/h4-10,12,14,19-20H,1-3,11,15-16H2,(H,32,33)(H,35,37);4-5,7,11H,8-9H2,1-3H3,(H,16,17). The molecular weight excluding hydrogens is 756 g/mol. The number of hydrogen-bond donors (Lipinski definition) is 3. The van der Waals surface area contributed by atoms with Crippen molar-refractivity contribution in [3.63, 3.8) is 0 Å². The summed E-state index contributed by atoms with van der Waals surface area (Å²) in [5.74, 6) is 1.02. The second-order valence-electron chi connectivity index (χ2n) is 15.7. The summed E-state index contributed by atoms with van der Waals surface area (Å²) in [5.41, 5.74) is 1.53. The summed E-state index contributed by atoms with van der Waals surface area (Å²) in [6, 6.07) is 20.8. The zero-order valence-electron chi connectivity index (χ0n) is 32.9. The third-order valence-electron chi connectivity index (χ3n) is 10.0. The molecule has 16 heteroatoms. The number of aromatic amines is 1. The van der Waals surface area contributed by atoms with E-state index in [1.807, 2.05) is 39.0 Å². The van der Waals surface area contributed by atoms with Crippen LogP contribution in [0.4, 0.5) is 20.8 Å². The largest absolute Gasteiger partial charge is 0.490 e. The number of benzene rings is 2. The third kappa shape index (κ3) is 9.91. The Morgan fingerprint density at radius 1 is 0.864 bits per heavy atom. The number of nitrogens with one attached hydrogen (secondary N) is 3. The number of amides is 2. The minimum atomic E-state index is -0.593. The number of H-pyrrole nitrogens is 1. The molecule has 0 spiro atoms. The molecule has 2 aromatic carbocycles. The van der Waals surface area contributed by atoms with E-state index in [9.17, 15) is 18.8 Å². The van der Waals surface area contributed by atoms with Gasteiger partial charge in [0.2, 0.25) is 0 Å². The number of carbonyl (C=O) groups excluding carboxylic acids is 2. The van der Waals surface area contributed by atoms with Crippen molar-refractivity contribution < 1.29 is 23.5 Å². The number of nitriles is 2. The van der Waals surface area contributed by atoms with Gasteiger partial charge in [0.15, 0.2) is 0 Å². The Kier molecular flexibility index (Phi) is 11.7. The molecule has 3 N–H and O–H groups in total. The number of nitrogens with zero attached hydrogens (tertiary/aromatic N) is 7. The summed E-state index contributed by atoms with van der Waals surface area (Å²) in [6.07, 6.45) is 6.40. The summed E-state index contributed by atoms with van der Waals surface area (Å²) in [4.78, 5) is 48.8. The Morgan fingerprint density at radius 3 is 2.03 bits per heavy atom. The molecule has 1 aliphatic carbocycles. The van der Waals surface area contributed by atoms with Gasteiger partial charge in [-0.3, -0.25) is 9.59 Å². The topological polar surface area (TPSA) is 202 Å². The number of fused-ring (bicyclic) bond motifs is 1. The quantitative estimate of drug-likeness (QED) is 0.163. The minimum Gasteiger partial charge on any atom is -0.490 e. The van der Waals surface area contributed by atoms with Gasteiger partial charge in [-0.2, -0.15) is 15.6 Å². The summed E-state index contributed by atoms with van der Waals surface area (Å²) in [7, 11) is 0. The van der Waals surface area contributed by atoms with Crippen LogP contribution in [0, 0.1) is 28.5 Å². The SMILES string of the molecule is CC(C)(C)OC(=O)N1CC(Nc2ccc(C#N)cn2)C1.N#Cc1ccc(NC2CN(C(=O)c3cc(Cc4n[nH]c(=O)c5ccc(OC6CCC6)cc45)ccc3F)C2)nc1. The van der Waals surface area contributed by atoms with E-state index in [1.165, 1.54) is 18.5 Å². The van der Waals surface area contributed by atoms with E-state index < -0.39 is 17.3 Å². The third-order valence-corrected chi connectivity index (χ3v) is 10.0. The highest BCUT2D eigenvalue weighted by Crippen LogP contribution is 2.29. The number of halogens is 1. The van der Waals surface area contributed by atoms with E-state index >= 15 is 0 Å². The number of likely N-dealkylation sites (tertiary alicyclic amines) is 2. The van der Waals surface area contributed by atoms with Crippen molar-refractivity contribution in [2.45, 2.75) is 70.2 Å². The molecule has 0 radical (unpaired) electrons. The predicted molar refractivity (Wildman–Crippen MR) is 216 cm³/mol. The zero-order chi connectivity index (χ0) is 41.7. The average molecular weight is 799 g/mol. The van der Waals surface area contributed by atoms with E-state index in [0.717, 1.165) is 19.3 Å². The smallest absolute Gasteiger partial charge is 0.410 e. The summed E-state index contributed by atoms with van der Waals surface area (Å²) < 4.78 is 26.0. The lowest BCUT2D eigenvalue weighted by atomic mass is 9.96. The van der Waals surface area contributed by atoms with E-state index in [4.69, 9.17) is 20.0 Å². The number of pyridine rings is 2. The first-order chi connectivity index (χ1) is 28.3. The van der Waals surface area contributed by atoms with Crippen LogP contribution in [0.15, 0.2) is 77.9 Å². The molecule has 3 aliphatic rings. The highest BCUT2D eigenvalue weighted by Gasteiger charge is 2.34. The lowest BCUT2D eigenvalue weighted by molar-refractivity contribution is 0.0104. The number of carbonyl (C=O) groups is 2. The molecule has 1 saturated carbocycles. The predicted octanol–water partition coefficient (Wildman–Crippen LogP) is 5.77. The molecule has 2 amide bonds. The molecule has 2 aliphatic heterocycles. The number of rotatable bonds is 9. The van der Waals surface area contributed by atoms with Crippen LogP contribution in [0.1, 0.15) is 72.8 Å². The Labute approximate surface area is 339 Å². The van der Waals surface area contributed by atoms with Crippen molar-refractivity contribution in [3.8, 4) is 17.9 Å². The van der Waals surface area contributed by atoms with Crippen LogP contribution in [0.3, 0.4) is 0 Å². The van der Waals surface area contributed by atoms with Crippen LogP contribution >= 0.6 is 0 Å². The number of ether oxygens (including phenoxy) is 2. The fraction of sp³-hybridized carbons (Fsp3) is 0.349. The van der Waals surface area contributed by atoms with Gasteiger partial charge in [-0.05, 0) is 100 Å². The molecule has 3 fully saturated rings. The maximum Gasteiger partial charge on any atom is 0.410 e. The van der Waals surface area contributed by atoms with E-state index in [2.05, 4.69) is 30.8 Å². The van der Waals surface area contributed by atoms with Crippen molar-refractivity contribution in [1.29, 1.82) is 10.5 Å². The molecule has 0 unspecified atom stereocenters. The molecule has 302 valence electrons. The summed E-state index contributed by atoms with van der Waals surface area (Å²) in [5, 5.41) is 32.0. The minimum absolute atomic E-state index is 0.00909. The van der Waals surface area contributed by atoms with Gasteiger partial charge >= 0.3 is 6.09 Å². The number of anilines is 2. The van der Waals surface area contributed by atoms with Crippen molar-refractivity contribution in [3.05, 3.63) is 117 Å². The van der Waals surface area contributed by atoms with E-state index in [1.54, 1.807) is 58.3 Å². The van der Waals surface area contributed by atoms with Crippen molar-refractivity contribution in [2.75, 3.05) is 36.8 Å². The van der Waals surface area contributed by atoms with Gasteiger partial charge in [0.1, 0.15) is 40.9 Å². The monoisotopic (exact) mass is 798 g/mol. The molecule has 3 aromatic heterocycles. The van der Waals surface area contributed by atoms with Gasteiger partial charge in [-0.25, -0.2) is 24.3 Å². The van der Waals surface area contributed by atoms with Gasteiger partial charge in [-0.1, -0.05) is 6.07 Å². The number of aromatic nitrogens is 4. The van der Waals surface area contributed by atoms with Crippen molar-refractivity contribution >= 4 is 34.4 Å². The lowest BCUT2D eigenvalue weighted by Gasteiger charge is -2.40. The average Bonchev–Trinajstić information content (AvgIpc) is 3.17. The first-order valence-electron chi connectivity index (χ1n) is 19.3. The molecule has 0 atom stereocenters. The van der Waals surface area contributed by atoms with Crippen LogP contribution in [0.2, 0.25) is 0 Å². The maximum absolute atomic E-state index is 14.7. The van der Waals surface area contributed by atoms with Gasteiger partial charge in [0, 0.05) is 50.4 Å². The van der Waals surface area contributed by atoms with E-state index in [-0.39, 0.29) is 35.4 Å². The fourth-order valence-corrected chi connectivity index (χ4v) is 6.59. The van der Waals surface area contributed by atoms with Crippen LogP contribution in [0.5, 0.6) is 5.75 Å². The molecular formula is C43H43FN10O5. The second-order valence-corrected chi connectivity index (χ2v) is 15.7. The van der Waals surface area contributed by atoms with E-state index in [0.29, 0.717) is 83.1 Å².